The van der Waals surface area contributed by atoms with Crippen LogP contribution >= 0.6 is 0 Å². The topological polar surface area (TPSA) is 81.3 Å². The van der Waals surface area contributed by atoms with Gasteiger partial charge in [0.1, 0.15) is 0 Å². The number of hydrogen-bond donors (Lipinski definition) is 2. The van der Waals surface area contributed by atoms with Crippen molar-refractivity contribution in [2.45, 2.75) is 45.3 Å². The molecule has 10 heteroatoms. The maximum Gasteiger partial charge on any atom is 0.416 e. The van der Waals surface area contributed by atoms with E-state index in [4.69, 9.17) is 0 Å². The van der Waals surface area contributed by atoms with Gasteiger partial charge in [0, 0.05) is 38.2 Å². The number of halogens is 3. The zero-order valence-electron chi connectivity index (χ0n) is 20.5. The molecule has 1 aromatic heterocycles. The van der Waals surface area contributed by atoms with Gasteiger partial charge in [0.2, 0.25) is 17.8 Å². The number of carbonyl (C=O) groups is 2. The summed E-state index contributed by atoms with van der Waals surface area (Å²) in [6, 6.07) is 10.4. The van der Waals surface area contributed by atoms with E-state index in [0.29, 0.717) is 30.2 Å². The second-order valence-electron chi connectivity index (χ2n) is 9.53. The molecule has 0 saturated carbocycles. The van der Waals surface area contributed by atoms with E-state index in [1.165, 1.54) is 12.1 Å². The van der Waals surface area contributed by atoms with Crippen molar-refractivity contribution in [2.24, 2.45) is 5.92 Å². The molecule has 1 fully saturated rings. The number of amides is 2. The number of rotatable bonds is 7. The summed E-state index contributed by atoms with van der Waals surface area (Å²) in [5, 5.41) is 2.84. The van der Waals surface area contributed by atoms with E-state index >= 15 is 0 Å². The molecular weight excluding hydrogens is 471 g/mol. The number of aryl methyl sites for hydroxylation is 1. The van der Waals surface area contributed by atoms with E-state index < -0.39 is 11.7 Å². The van der Waals surface area contributed by atoms with Crippen molar-refractivity contribution in [3.8, 4) is 0 Å². The van der Waals surface area contributed by atoms with Crippen LogP contribution in [0.2, 0.25) is 0 Å². The monoisotopic (exact) mass is 501 g/mol. The molecule has 4 rings (SSSR count). The van der Waals surface area contributed by atoms with E-state index in [2.05, 4.69) is 20.2 Å². The maximum absolute atomic E-state index is 12.7. The molecule has 0 radical (unpaired) electrons. The molecule has 0 aliphatic carbocycles. The Labute approximate surface area is 207 Å². The molecule has 7 nitrogen and oxygen atoms in total. The Hall–Kier alpha value is -3.56. The lowest BCUT2D eigenvalue weighted by Crippen LogP contribution is -2.38. The summed E-state index contributed by atoms with van der Waals surface area (Å²) in [5.74, 6) is 0.602. The lowest BCUT2D eigenvalue weighted by atomic mass is 10.1. The molecular formula is C26H30F3N5O2. The third-order valence-corrected chi connectivity index (χ3v) is 6.53. The number of fused-ring (bicyclic) bond motifs is 1. The summed E-state index contributed by atoms with van der Waals surface area (Å²) in [6.07, 6.45) is -3.02. The fourth-order valence-electron chi connectivity index (χ4n) is 4.38. The molecule has 36 heavy (non-hydrogen) atoms. The van der Waals surface area contributed by atoms with Gasteiger partial charge in [0.15, 0.2) is 0 Å². The average Bonchev–Trinajstić information content (AvgIpc) is 3.49. The van der Waals surface area contributed by atoms with Crippen molar-refractivity contribution in [2.75, 3.05) is 30.4 Å². The van der Waals surface area contributed by atoms with Crippen LogP contribution < -0.4 is 10.2 Å². The molecule has 0 spiro atoms. The molecule has 0 unspecified atom stereocenters. The Morgan fingerprint density at radius 2 is 1.92 bits per heavy atom. The second-order valence-corrected chi connectivity index (χ2v) is 9.53. The van der Waals surface area contributed by atoms with Crippen LogP contribution in [0.1, 0.15) is 37.8 Å². The van der Waals surface area contributed by atoms with Gasteiger partial charge in [-0.2, -0.15) is 13.2 Å². The summed E-state index contributed by atoms with van der Waals surface area (Å²) in [6.45, 7) is 5.20. The van der Waals surface area contributed by atoms with Crippen molar-refractivity contribution in [3.63, 3.8) is 0 Å². The first-order valence-electron chi connectivity index (χ1n) is 12.0. The molecule has 192 valence electrons. The molecule has 2 heterocycles. The predicted molar refractivity (Wildman–Crippen MR) is 133 cm³/mol. The van der Waals surface area contributed by atoms with Crippen molar-refractivity contribution in [3.05, 3.63) is 53.6 Å². The number of aromatic nitrogens is 2. The summed E-state index contributed by atoms with van der Waals surface area (Å²) in [4.78, 5) is 36.6. The van der Waals surface area contributed by atoms with Gasteiger partial charge in [-0.05, 0) is 48.7 Å². The van der Waals surface area contributed by atoms with Crippen molar-refractivity contribution < 1.29 is 22.8 Å². The van der Waals surface area contributed by atoms with Crippen molar-refractivity contribution in [1.29, 1.82) is 0 Å². The lowest BCUT2D eigenvalue weighted by Gasteiger charge is -2.24. The average molecular weight is 502 g/mol. The molecule has 1 aliphatic rings. The maximum atomic E-state index is 12.7. The molecule has 1 aliphatic heterocycles. The van der Waals surface area contributed by atoms with Crippen LogP contribution in [0.4, 0.5) is 24.8 Å². The van der Waals surface area contributed by atoms with E-state index in [-0.39, 0.29) is 30.2 Å². The third kappa shape index (κ3) is 5.80. The normalized spacial score (nSPS) is 16.1. The molecule has 1 saturated heterocycles. The summed E-state index contributed by atoms with van der Waals surface area (Å²) < 4.78 is 38.1. The number of aromatic amines is 1. The van der Waals surface area contributed by atoms with Gasteiger partial charge in [0.05, 0.1) is 22.6 Å². The first kappa shape index (κ1) is 25.5. The standard InChI is InChI=1S/C26H30F3N5O2/c1-16(2)24(36)34-13-12-20(15-34)33(3)25-31-21-10-9-19(14-22(21)32-25)30-23(35)11-6-17-4-7-18(8-5-17)26(27,28)29/h4-5,7-10,14,16,20H,6,11-13,15H2,1-3H3,(H,30,35)(H,31,32)/t20-/m1/s1. The number of benzene rings is 2. The van der Waals surface area contributed by atoms with Gasteiger partial charge >= 0.3 is 6.18 Å². The number of likely N-dealkylation sites (tertiary alicyclic amines) is 1. The van der Waals surface area contributed by atoms with Gasteiger partial charge in [-0.1, -0.05) is 26.0 Å². The minimum atomic E-state index is -4.37. The number of imidazole rings is 1. The first-order chi connectivity index (χ1) is 17.0. The highest BCUT2D eigenvalue weighted by Gasteiger charge is 2.31. The fraction of sp³-hybridized carbons (Fsp3) is 0.423. The Morgan fingerprint density at radius 1 is 1.19 bits per heavy atom. The smallest absolute Gasteiger partial charge is 0.341 e. The quantitative estimate of drug-likeness (QED) is 0.485. The van der Waals surface area contributed by atoms with Crippen molar-refractivity contribution in [1.82, 2.24) is 14.9 Å². The van der Waals surface area contributed by atoms with E-state index in [0.717, 1.165) is 36.1 Å². The highest BCUT2D eigenvalue weighted by atomic mass is 19.4. The SMILES string of the molecule is CC(C)C(=O)N1CC[C@@H](N(C)c2nc3ccc(NC(=O)CCc4ccc(C(F)(F)F)cc4)cc3[nH]2)C1. The van der Waals surface area contributed by atoms with Crippen molar-refractivity contribution >= 4 is 34.5 Å². The molecule has 2 aromatic carbocycles. The van der Waals surface area contributed by atoms with Crippen LogP contribution in [0.25, 0.3) is 11.0 Å². The summed E-state index contributed by atoms with van der Waals surface area (Å²) in [7, 11) is 1.95. The molecule has 0 bridgehead atoms. The number of nitrogens with zero attached hydrogens (tertiary/aromatic N) is 3. The summed E-state index contributed by atoms with van der Waals surface area (Å²) >= 11 is 0. The van der Waals surface area contributed by atoms with Gasteiger partial charge in [0.25, 0.3) is 0 Å². The Balaban J connectivity index is 1.35. The summed E-state index contributed by atoms with van der Waals surface area (Å²) in [5.41, 5.74) is 2.09. The number of anilines is 2. The number of alkyl halides is 3. The van der Waals surface area contributed by atoms with Gasteiger partial charge < -0.3 is 20.1 Å². The van der Waals surface area contributed by atoms with Gasteiger partial charge in [-0.15, -0.1) is 0 Å². The number of carbonyl (C=O) groups excluding carboxylic acids is 2. The highest BCUT2D eigenvalue weighted by molar-refractivity contribution is 5.93. The minimum absolute atomic E-state index is 0.0242. The van der Waals surface area contributed by atoms with Crippen LogP contribution in [0.15, 0.2) is 42.5 Å². The zero-order valence-corrected chi connectivity index (χ0v) is 20.5. The molecule has 2 amide bonds. The van der Waals surface area contributed by atoms with E-state index in [9.17, 15) is 22.8 Å². The predicted octanol–water partition coefficient (Wildman–Crippen LogP) is 4.85. The lowest BCUT2D eigenvalue weighted by molar-refractivity contribution is -0.137. The molecule has 3 aromatic rings. The number of H-pyrrole nitrogens is 1. The number of likely N-dealkylation sites (N-methyl/N-ethyl adjacent to an activating group) is 1. The molecule has 2 N–H and O–H groups in total. The van der Waals surface area contributed by atoms with Gasteiger partial charge in [-0.25, -0.2) is 4.98 Å². The molecule has 1 atom stereocenters. The van der Waals surface area contributed by atoms with E-state index in [1.54, 1.807) is 12.1 Å². The van der Waals surface area contributed by atoms with Crippen LogP contribution in [-0.2, 0) is 22.2 Å². The Morgan fingerprint density at radius 3 is 2.58 bits per heavy atom. The number of nitrogens with one attached hydrogen (secondary N) is 2. The van der Waals surface area contributed by atoms with Crippen LogP contribution in [0.3, 0.4) is 0 Å². The zero-order chi connectivity index (χ0) is 26.0. The van der Waals surface area contributed by atoms with Crippen LogP contribution in [-0.4, -0.2) is 52.9 Å². The van der Waals surface area contributed by atoms with Crippen LogP contribution in [0.5, 0.6) is 0 Å². The fourth-order valence-corrected chi connectivity index (χ4v) is 4.38. The Kier molecular flexibility index (Phi) is 7.23. The highest BCUT2D eigenvalue weighted by Crippen LogP contribution is 2.29. The third-order valence-electron chi connectivity index (χ3n) is 6.53. The first-order valence-corrected chi connectivity index (χ1v) is 12.0. The second kappa shape index (κ2) is 10.2. The van der Waals surface area contributed by atoms with Gasteiger partial charge in [-0.3, -0.25) is 9.59 Å². The van der Waals surface area contributed by atoms with Crippen LogP contribution in [0, 0.1) is 5.92 Å². The largest absolute Gasteiger partial charge is 0.416 e. The number of hydrogen-bond acceptors (Lipinski definition) is 4. The van der Waals surface area contributed by atoms with E-state index in [1.807, 2.05) is 31.9 Å². The minimum Gasteiger partial charge on any atom is -0.341 e. The Bertz CT molecular complexity index is 1240.